The molecule has 0 aromatic heterocycles. The molecule has 2 atom stereocenters. The molecule has 17 heavy (non-hydrogen) atoms. The molecule has 3 heteroatoms. The Bertz CT molecular complexity index is 295. The third-order valence-corrected chi connectivity index (χ3v) is 3.63. The second kappa shape index (κ2) is 6.66. The molecule has 0 aromatic carbocycles. The van der Waals surface area contributed by atoms with Crippen molar-refractivity contribution in [3.8, 4) is 12.3 Å². The van der Waals surface area contributed by atoms with Gasteiger partial charge in [-0.05, 0) is 25.7 Å². The lowest BCUT2D eigenvalue weighted by Crippen LogP contribution is -2.55. The predicted octanol–water partition coefficient (Wildman–Crippen LogP) is 2.11. The summed E-state index contributed by atoms with van der Waals surface area (Å²) in [5.74, 6) is 3.02. The van der Waals surface area contributed by atoms with Gasteiger partial charge in [-0.2, -0.15) is 0 Å². The summed E-state index contributed by atoms with van der Waals surface area (Å²) < 4.78 is 5.20. The molecule has 1 saturated carbocycles. The summed E-state index contributed by atoms with van der Waals surface area (Å²) in [6.07, 6.45) is 10.3. The zero-order chi connectivity index (χ0) is 12.7. The highest BCUT2D eigenvalue weighted by atomic mass is 16.5. The Labute approximate surface area is 104 Å². The Morgan fingerprint density at radius 2 is 2.35 bits per heavy atom. The number of rotatable bonds is 5. The first-order valence-corrected chi connectivity index (χ1v) is 6.54. The Morgan fingerprint density at radius 1 is 1.59 bits per heavy atom. The Hall–Kier alpha value is -1.01. The summed E-state index contributed by atoms with van der Waals surface area (Å²) in [4.78, 5) is 12.1. The van der Waals surface area contributed by atoms with Crippen LogP contribution >= 0.6 is 0 Å². The van der Waals surface area contributed by atoms with Gasteiger partial charge in [-0.25, -0.2) is 0 Å². The van der Waals surface area contributed by atoms with Crippen molar-refractivity contribution < 1.29 is 9.53 Å². The van der Waals surface area contributed by atoms with E-state index >= 15 is 0 Å². The van der Waals surface area contributed by atoms with Crippen molar-refractivity contribution in [1.82, 2.24) is 5.32 Å². The summed E-state index contributed by atoms with van der Waals surface area (Å²) >= 11 is 0. The molecule has 1 aliphatic rings. The lowest BCUT2D eigenvalue weighted by atomic mass is 9.74. The zero-order valence-electron chi connectivity index (χ0n) is 10.9. The first-order chi connectivity index (χ1) is 8.18. The largest absolute Gasteiger partial charge is 0.465 e. The smallest absolute Gasteiger partial charge is 0.326 e. The molecule has 0 aromatic rings. The van der Waals surface area contributed by atoms with E-state index in [-0.39, 0.29) is 5.97 Å². The molecule has 0 aliphatic heterocycles. The molecular weight excluding hydrogens is 214 g/mol. The molecular formula is C14H23NO2. The molecule has 1 aliphatic carbocycles. The Balaban J connectivity index is 2.77. The van der Waals surface area contributed by atoms with E-state index in [1.807, 2.05) is 6.92 Å². The zero-order valence-corrected chi connectivity index (χ0v) is 10.9. The minimum atomic E-state index is -0.540. The Morgan fingerprint density at radius 3 is 2.94 bits per heavy atom. The third-order valence-electron chi connectivity index (χ3n) is 3.63. The highest BCUT2D eigenvalue weighted by molar-refractivity contribution is 5.81. The van der Waals surface area contributed by atoms with Crippen LogP contribution in [0.1, 0.15) is 46.0 Å². The molecule has 0 spiro atoms. The topological polar surface area (TPSA) is 38.3 Å². The van der Waals surface area contributed by atoms with Crippen molar-refractivity contribution in [2.45, 2.75) is 51.5 Å². The summed E-state index contributed by atoms with van der Waals surface area (Å²) in [5.41, 5.74) is -0.540. The van der Waals surface area contributed by atoms with Crippen LogP contribution in [0.15, 0.2) is 0 Å². The van der Waals surface area contributed by atoms with Crippen LogP contribution in [-0.4, -0.2) is 24.7 Å². The first kappa shape index (κ1) is 14.1. The molecule has 1 N–H and O–H groups in total. The highest BCUT2D eigenvalue weighted by Crippen LogP contribution is 2.35. The maximum absolute atomic E-state index is 12.1. The average molecular weight is 237 g/mol. The van der Waals surface area contributed by atoms with Gasteiger partial charge in [0, 0.05) is 0 Å². The molecule has 1 rings (SSSR count). The summed E-state index contributed by atoms with van der Waals surface area (Å²) in [6, 6.07) is 0. The number of ether oxygens (including phenoxy) is 1. The lowest BCUT2D eigenvalue weighted by Gasteiger charge is -2.39. The van der Waals surface area contributed by atoms with Crippen LogP contribution in [-0.2, 0) is 9.53 Å². The monoisotopic (exact) mass is 237 g/mol. The van der Waals surface area contributed by atoms with Gasteiger partial charge < -0.3 is 4.74 Å². The van der Waals surface area contributed by atoms with Gasteiger partial charge in [0.15, 0.2) is 0 Å². The van der Waals surface area contributed by atoms with E-state index in [1.165, 1.54) is 6.42 Å². The highest BCUT2D eigenvalue weighted by Gasteiger charge is 2.42. The van der Waals surface area contributed by atoms with E-state index in [9.17, 15) is 4.79 Å². The predicted molar refractivity (Wildman–Crippen MR) is 68.4 cm³/mol. The number of carbonyl (C=O) groups is 1. The maximum Gasteiger partial charge on any atom is 0.326 e. The van der Waals surface area contributed by atoms with Crippen LogP contribution in [0, 0.1) is 18.3 Å². The number of nitrogens with one attached hydrogen (secondary N) is 1. The fourth-order valence-corrected chi connectivity index (χ4v) is 2.65. The van der Waals surface area contributed by atoms with Crippen molar-refractivity contribution in [3.63, 3.8) is 0 Å². The van der Waals surface area contributed by atoms with Crippen LogP contribution in [0.3, 0.4) is 0 Å². The molecule has 1 fully saturated rings. The molecule has 96 valence electrons. The van der Waals surface area contributed by atoms with Gasteiger partial charge in [-0.3, -0.25) is 10.1 Å². The van der Waals surface area contributed by atoms with Crippen molar-refractivity contribution in [1.29, 1.82) is 0 Å². The third kappa shape index (κ3) is 3.47. The minimum Gasteiger partial charge on any atom is -0.465 e. The van der Waals surface area contributed by atoms with Crippen LogP contribution in [0.2, 0.25) is 0 Å². The fourth-order valence-electron chi connectivity index (χ4n) is 2.65. The lowest BCUT2D eigenvalue weighted by molar-refractivity contribution is -0.153. The van der Waals surface area contributed by atoms with Crippen molar-refractivity contribution in [3.05, 3.63) is 0 Å². The van der Waals surface area contributed by atoms with E-state index in [4.69, 9.17) is 11.2 Å². The molecule has 0 amide bonds. The van der Waals surface area contributed by atoms with Crippen LogP contribution in [0.25, 0.3) is 0 Å². The van der Waals surface area contributed by atoms with Gasteiger partial charge in [0.05, 0.1) is 13.2 Å². The van der Waals surface area contributed by atoms with Gasteiger partial charge in [0.2, 0.25) is 0 Å². The summed E-state index contributed by atoms with van der Waals surface area (Å²) in [7, 11) is 0. The van der Waals surface area contributed by atoms with Crippen LogP contribution in [0.5, 0.6) is 0 Å². The van der Waals surface area contributed by atoms with Crippen molar-refractivity contribution >= 4 is 5.97 Å². The number of hydrogen-bond acceptors (Lipinski definition) is 3. The van der Waals surface area contributed by atoms with Crippen LogP contribution < -0.4 is 5.32 Å². The maximum atomic E-state index is 12.1. The second-order valence-corrected chi connectivity index (χ2v) is 4.73. The normalized spacial score (nSPS) is 28.4. The fraction of sp³-hybridized carbons (Fsp3) is 0.786. The SMILES string of the molecule is C#CCNC1(C(=O)OCC)CCCC(CC)C1. The molecule has 2 unspecified atom stereocenters. The molecule has 0 saturated heterocycles. The van der Waals surface area contributed by atoms with Crippen LogP contribution in [0.4, 0.5) is 0 Å². The van der Waals surface area contributed by atoms with E-state index in [2.05, 4.69) is 18.2 Å². The quantitative estimate of drug-likeness (QED) is 0.588. The first-order valence-electron chi connectivity index (χ1n) is 6.54. The number of hydrogen-bond donors (Lipinski definition) is 1. The van der Waals surface area contributed by atoms with E-state index < -0.39 is 5.54 Å². The summed E-state index contributed by atoms with van der Waals surface area (Å²) in [6.45, 7) is 4.87. The van der Waals surface area contributed by atoms with Crippen molar-refractivity contribution in [2.24, 2.45) is 5.92 Å². The van der Waals surface area contributed by atoms with E-state index in [0.29, 0.717) is 19.1 Å². The van der Waals surface area contributed by atoms with E-state index in [1.54, 1.807) is 0 Å². The minimum absolute atomic E-state index is 0.131. The van der Waals surface area contributed by atoms with Gasteiger partial charge in [0.25, 0.3) is 0 Å². The standard InChI is InChI=1S/C14H23NO2/c1-4-10-15-14(13(16)17-6-3)9-7-8-12(5-2)11-14/h1,12,15H,5-11H2,2-3H3. The second-order valence-electron chi connectivity index (χ2n) is 4.73. The number of esters is 1. The molecule has 0 radical (unpaired) electrons. The van der Waals surface area contributed by atoms with Gasteiger partial charge in [0.1, 0.15) is 5.54 Å². The summed E-state index contributed by atoms with van der Waals surface area (Å²) in [5, 5.41) is 3.22. The van der Waals surface area contributed by atoms with Gasteiger partial charge >= 0.3 is 5.97 Å². The number of carbonyl (C=O) groups excluding carboxylic acids is 1. The molecule has 0 heterocycles. The van der Waals surface area contributed by atoms with E-state index in [0.717, 1.165) is 25.7 Å². The average Bonchev–Trinajstić information content (AvgIpc) is 2.37. The van der Waals surface area contributed by atoms with Gasteiger partial charge in [-0.15, -0.1) is 6.42 Å². The van der Waals surface area contributed by atoms with Gasteiger partial charge in [-0.1, -0.05) is 32.1 Å². The Kier molecular flexibility index (Phi) is 5.50. The number of terminal acetylenes is 1. The van der Waals surface area contributed by atoms with Crippen molar-refractivity contribution in [2.75, 3.05) is 13.2 Å². The molecule has 0 bridgehead atoms. The molecule has 3 nitrogen and oxygen atoms in total.